The molecule has 0 atom stereocenters. The monoisotopic (exact) mass is 216 g/mol. The van der Waals surface area contributed by atoms with Crippen LogP contribution >= 0.6 is 0 Å². The smallest absolute Gasteiger partial charge is 0.0244 e. The van der Waals surface area contributed by atoms with Gasteiger partial charge in [-0.2, -0.15) is 0 Å². The van der Waals surface area contributed by atoms with Crippen LogP contribution in [0.3, 0.4) is 0 Å². The van der Waals surface area contributed by atoms with Crippen molar-refractivity contribution in [1.29, 1.82) is 0 Å². The fourth-order valence-corrected chi connectivity index (χ4v) is 2.77. The molecular weight excluding hydrogens is 194 g/mol. The summed E-state index contributed by atoms with van der Waals surface area (Å²) in [5.41, 5.74) is 1.86. The Bertz CT molecular complexity index is 309. The fraction of sp³-hybridized carbons (Fsp3) is 0.533. The van der Waals surface area contributed by atoms with Gasteiger partial charge in [-0.1, -0.05) is 30.3 Å². The van der Waals surface area contributed by atoms with Crippen molar-refractivity contribution in [3.05, 3.63) is 42.3 Å². The molecule has 1 aliphatic rings. The lowest BCUT2D eigenvalue weighted by Crippen LogP contribution is -2.47. The largest absolute Gasteiger partial charge is 0.303 e. The van der Waals surface area contributed by atoms with E-state index in [0.717, 1.165) is 0 Å². The fourth-order valence-electron chi connectivity index (χ4n) is 2.77. The molecule has 1 saturated carbocycles. The summed E-state index contributed by atoms with van der Waals surface area (Å²) in [4.78, 5) is 2.44. The molecule has 1 aromatic carbocycles. The Kier molecular flexibility index (Phi) is 3.65. The molecule has 1 radical (unpaired) electrons. The molecule has 0 N–H and O–H groups in total. The molecule has 0 aromatic heterocycles. The van der Waals surface area contributed by atoms with Crippen molar-refractivity contribution in [2.24, 2.45) is 0 Å². The van der Waals surface area contributed by atoms with E-state index in [0.29, 0.717) is 5.54 Å². The molecule has 0 heterocycles. The molecule has 87 valence electrons. The van der Waals surface area contributed by atoms with Crippen LogP contribution < -0.4 is 0 Å². The van der Waals surface area contributed by atoms with E-state index in [-0.39, 0.29) is 0 Å². The maximum absolute atomic E-state index is 2.44. The second-order valence-electron chi connectivity index (χ2n) is 5.15. The van der Waals surface area contributed by atoms with Crippen LogP contribution in [0.15, 0.2) is 30.3 Å². The van der Waals surface area contributed by atoms with E-state index >= 15 is 0 Å². The molecule has 0 saturated heterocycles. The Balaban J connectivity index is 2.14. The van der Waals surface area contributed by atoms with Crippen molar-refractivity contribution in [3.63, 3.8) is 0 Å². The zero-order valence-corrected chi connectivity index (χ0v) is 10.4. The summed E-state index contributed by atoms with van der Waals surface area (Å²) in [5, 5.41) is 0. The molecule has 0 aliphatic heterocycles. The molecule has 16 heavy (non-hydrogen) atoms. The minimum Gasteiger partial charge on any atom is -0.303 e. The topological polar surface area (TPSA) is 3.24 Å². The predicted octanol–water partition coefficient (Wildman–Crippen LogP) is 3.31. The van der Waals surface area contributed by atoms with E-state index in [1.807, 2.05) is 0 Å². The van der Waals surface area contributed by atoms with Crippen LogP contribution in [-0.4, -0.2) is 24.5 Å². The Labute approximate surface area is 99.5 Å². The third-order valence-electron chi connectivity index (χ3n) is 3.95. The summed E-state index contributed by atoms with van der Waals surface area (Å²) < 4.78 is 0. The first-order valence-electron chi connectivity index (χ1n) is 6.26. The molecule has 1 heteroatoms. The van der Waals surface area contributed by atoms with Gasteiger partial charge in [0.15, 0.2) is 0 Å². The zero-order valence-electron chi connectivity index (χ0n) is 10.4. The van der Waals surface area contributed by atoms with Gasteiger partial charge in [-0.15, -0.1) is 0 Å². The molecular formula is C15H22N. The van der Waals surface area contributed by atoms with E-state index < -0.39 is 0 Å². The average molecular weight is 216 g/mol. The first-order valence-corrected chi connectivity index (χ1v) is 6.26. The van der Waals surface area contributed by atoms with Crippen molar-refractivity contribution in [3.8, 4) is 0 Å². The van der Waals surface area contributed by atoms with Crippen molar-refractivity contribution in [2.45, 2.75) is 37.6 Å². The first-order chi connectivity index (χ1) is 7.73. The van der Waals surface area contributed by atoms with Crippen LogP contribution in [-0.2, 0) is 6.42 Å². The molecule has 1 aliphatic carbocycles. The van der Waals surface area contributed by atoms with Crippen LogP contribution in [0, 0.1) is 6.42 Å². The van der Waals surface area contributed by atoms with Crippen molar-refractivity contribution in [2.75, 3.05) is 14.1 Å². The Morgan fingerprint density at radius 3 is 2.25 bits per heavy atom. The minimum absolute atomic E-state index is 0.385. The quantitative estimate of drug-likeness (QED) is 0.749. The third-order valence-corrected chi connectivity index (χ3v) is 3.95. The normalized spacial score (nSPS) is 19.9. The van der Waals surface area contributed by atoms with Crippen molar-refractivity contribution >= 4 is 0 Å². The number of hydrogen-bond donors (Lipinski definition) is 0. The lowest BCUT2D eigenvalue weighted by atomic mass is 9.76. The van der Waals surface area contributed by atoms with Gasteiger partial charge >= 0.3 is 0 Å². The average Bonchev–Trinajstić information content (AvgIpc) is 2.31. The lowest BCUT2D eigenvalue weighted by Gasteiger charge is -2.43. The van der Waals surface area contributed by atoms with E-state index in [9.17, 15) is 0 Å². The summed E-state index contributed by atoms with van der Waals surface area (Å²) in [6, 6.07) is 10.9. The number of rotatable bonds is 3. The third kappa shape index (κ3) is 2.46. The SMILES string of the molecule is CN(C)C1(Cc2ccccc2)CC[CH]CC1. The molecule has 0 amide bonds. The van der Waals surface area contributed by atoms with Crippen LogP contribution in [0.5, 0.6) is 0 Å². The highest BCUT2D eigenvalue weighted by molar-refractivity contribution is 5.18. The van der Waals surface area contributed by atoms with Crippen LogP contribution in [0.2, 0.25) is 0 Å². The Morgan fingerprint density at radius 1 is 1.06 bits per heavy atom. The summed E-state index contributed by atoms with van der Waals surface area (Å²) >= 11 is 0. The van der Waals surface area contributed by atoms with Gasteiger partial charge in [0, 0.05) is 5.54 Å². The molecule has 0 spiro atoms. The summed E-state index contributed by atoms with van der Waals surface area (Å²) in [7, 11) is 4.46. The number of nitrogens with zero attached hydrogens (tertiary/aromatic N) is 1. The zero-order chi connectivity index (χ0) is 11.4. The molecule has 0 bridgehead atoms. The Hall–Kier alpha value is -0.820. The maximum atomic E-state index is 2.44. The van der Waals surface area contributed by atoms with Gasteiger partial charge in [0.05, 0.1) is 0 Å². The van der Waals surface area contributed by atoms with E-state index in [1.165, 1.54) is 37.7 Å². The van der Waals surface area contributed by atoms with Gasteiger partial charge in [0.2, 0.25) is 0 Å². The number of likely N-dealkylation sites (N-methyl/N-ethyl adjacent to an activating group) is 1. The maximum Gasteiger partial charge on any atom is 0.0244 e. The van der Waals surface area contributed by atoms with Gasteiger partial charge in [0.1, 0.15) is 0 Å². The van der Waals surface area contributed by atoms with Gasteiger partial charge in [-0.25, -0.2) is 0 Å². The van der Waals surface area contributed by atoms with Gasteiger partial charge in [-0.3, -0.25) is 0 Å². The van der Waals surface area contributed by atoms with Gasteiger partial charge in [-0.05, 0) is 58.2 Å². The molecule has 1 aromatic rings. The molecule has 0 unspecified atom stereocenters. The lowest BCUT2D eigenvalue weighted by molar-refractivity contribution is 0.113. The van der Waals surface area contributed by atoms with E-state index in [2.05, 4.69) is 55.7 Å². The summed E-state index contributed by atoms with van der Waals surface area (Å²) in [6.45, 7) is 0. The molecule has 2 rings (SSSR count). The van der Waals surface area contributed by atoms with Gasteiger partial charge in [0.25, 0.3) is 0 Å². The van der Waals surface area contributed by atoms with E-state index in [1.54, 1.807) is 0 Å². The van der Waals surface area contributed by atoms with Crippen molar-refractivity contribution in [1.82, 2.24) is 4.90 Å². The highest BCUT2D eigenvalue weighted by atomic mass is 15.1. The second-order valence-corrected chi connectivity index (χ2v) is 5.15. The highest BCUT2D eigenvalue weighted by Crippen LogP contribution is 2.34. The van der Waals surface area contributed by atoms with Crippen LogP contribution in [0.4, 0.5) is 0 Å². The number of benzene rings is 1. The predicted molar refractivity (Wildman–Crippen MR) is 69.3 cm³/mol. The summed E-state index contributed by atoms with van der Waals surface area (Å²) in [5.74, 6) is 0. The second kappa shape index (κ2) is 5.01. The molecule has 1 fully saturated rings. The standard InChI is InChI=1S/C15H22N/c1-16(2)15(11-7-4-8-12-15)13-14-9-5-3-6-10-14/h3-6,9-10H,7-8,11-13H2,1-2H3. The highest BCUT2D eigenvalue weighted by Gasteiger charge is 2.34. The van der Waals surface area contributed by atoms with Crippen LogP contribution in [0.25, 0.3) is 0 Å². The summed E-state index contributed by atoms with van der Waals surface area (Å²) in [6.07, 6.45) is 8.77. The van der Waals surface area contributed by atoms with Gasteiger partial charge < -0.3 is 4.90 Å². The van der Waals surface area contributed by atoms with Crippen LogP contribution in [0.1, 0.15) is 31.2 Å². The minimum atomic E-state index is 0.385. The number of hydrogen-bond acceptors (Lipinski definition) is 1. The first kappa shape index (κ1) is 11.7. The van der Waals surface area contributed by atoms with E-state index in [4.69, 9.17) is 0 Å². The van der Waals surface area contributed by atoms with Crippen molar-refractivity contribution < 1.29 is 0 Å². The Morgan fingerprint density at radius 2 is 1.69 bits per heavy atom. The molecule has 1 nitrogen and oxygen atoms in total.